The van der Waals surface area contributed by atoms with Gasteiger partial charge in [-0.25, -0.2) is 0 Å². The zero-order valence-corrected chi connectivity index (χ0v) is 14.7. The summed E-state index contributed by atoms with van der Waals surface area (Å²) in [5.41, 5.74) is 2.42. The fraction of sp³-hybridized carbons (Fsp3) is 0.136. The van der Waals surface area contributed by atoms with Crippen LogP contribution in [0.5, 0.6) is 5.75 Å². The highest BCUT2D eigenvalue weighted by molar-refractivity contribution is 6.31. The maximum absolute atomic E-state index is 12.9. The molecular formula is C22H17ClO3. The van der Waals surface area contributed by atoms with Gasteiger partial charge >= 0.3 is 0 Å². The van der Waals surface area contributed by atoms with Gasteiger partial charge in [-0.05, 0) is 23.8 Å². The highest BCUT2D eigenvalue weighted by atomic mass is 35.5. The van der Waals surface area contributed by atoms with Crippen LogP contribution in [0.4, 0.5) is 0 Å². The van der Waals surface area contributed by atoms with E-state index in [1.54, 1.807) is 12.1 Å². The lowest BCUT2D eigenvalue weighted by Crippen LogP contribution is -2.11. The number of benzene rings is 3. The molecular weight excluding hydrogens is 348 g/mol. The zero-order chi connectivity index (χ0) is 17.9. The second-order valence-corrected chi connectivity index (χ2v) is 6.54. The molecule has 0 unspecified atom stereocenters. The Morgan fingerprint density at radius 1 is 0.923 bits per heavy atom. The van der Waals surface area contributed by atoms with E-state index in [1.807, 2.05) is 66.7 Å². The molecule has 1 heterocycles. The Morgan fingerprint density at radius 2 is 1.62 bits per heavy atom. The summed E-state index contributed by atoms with van der Waals surface area (Å²) in [4.78, 5) is 12.9. The van der Waals surface area contributed by atoms with Crippen LogP contribution in [-0.2, 0) is 11.3 Å². The molecule has 3 nitrogen and oxygen atoms in total. The van der Waals surface area contributed by atoms with E-state index in [1.165, 1.54) is 0 Å². The molecule has 2 atom stereocenters. The van der Waals surface area contributed by atoms with Crippen LogP contribution >= 0.6 is 11.6 Å². The van der Waals surface area contributed by atoms with Crippen molar-refractivity contribution in [3.05, 3.63) is 101 Å². The lowest BCUT2D eigenvalue weighted by atomic mass is 10.0. The van der Waals surface area contributed by atoms with Crippen molar-refractivity contribution in [2.75, 3.05) is 0 Å². The summed E-state index contributed by atoms with van der Waals surface area (Å²) in [6.45, 7) is 0.407. The molecule has 130 valence electrons. The van der Waals surface area contributed by atoms with Crippen molar-refractivity contribution in [2.24, 2.45) is 0 Å². The maximum Gasteiger partial charge on any atom is 0.198 e. The normalized spacial score (nSPS) is 18.3. The Kier molecular flexibility index (Phi) is 4.74. The fourth-order valence-corrected chi connectivity index (χ4v) is 3.18. The van der Waals surface area contributed by atoms with Crippen LogP contribution in [0.2, 0.25) is 5.02 Å². The summed E-state index contributed by atoms with van der Waals surface area (Å²) in [5.74, 6) is 0.480. The molecule has 0 aromatic heterocycles. The molecule has 1 fully saturated rings. The van der Waals surface area contributed by atoms with E-state index in [9.17, 15) is 4.79 Å². The van der Waals surface area contributed by atoms with E-state index in [-0.39, 0.29) is 11.9 Å². The molecule has 0 N–H and O–H groups in total. The topological polar surface area (TPSA) is 38.8 Å². The first-order valence-corrected chi connectivity index (χ1v) is 8.81. The summed E-state index contributed by atoms with van der Waals surface area (Å²) in [6.07, 6.45) is -0.810. The molecule has 4 heteroatoms. The average Bonchev–Trinajstić information content (AvgIpc) is 3.48. The van der Waals surface area contributed by atoms with E-state index < -0.39 is 6.10 Å². The van der Waals surface area contributed by atoms with Crippen molar-refractivity contribution in [3.8, 4) is 5.75 Å². The summed E-state index contributed by atoms with van der Waals surface area (Å²) in [5, 5.41) is 0.612. The standard InChI is InChI=1S/C22H17ClO3/c23-18-12-6-4-10-16(18)21-22(26-21)20(24)17-11-5-7-13-19(17)25-14-15-8-2-1-3-9-15/h1-13,21-22H,14H2/t21-,22+/m0/s1. The number of epoxide rings is 1. The number of carbonyl (C=O) groups is 1. The number of ketones is 1. The number of Topliss-reactive ketones (excluding diaryl/α,β-unsaturated/α-hetero) is 1. The Bertz CT molecular complexity index is 923. The van der Waals surface area contributed by atoms with Gasteiger partial charge in [-0.3, -0.25) is 4.79 Å². The average molecular weight is 365 g/mol. The van der Waals surface area contributed by atoms with Gasteiger partial charge < -0.3 is 9.47 Å². The van der Waals surface area contributed by atoms with Crippen molar-refractivity contribution in [3.63, 3.8) is 0 Å². The minimum Gasteiger partial charge on any atom is -0.488 e. The highest BCUT2D eigenvalue weighted by Gasteiger charge is 2.47. The van der Waals surface area contributed by atoms with Gasteiger partial charge in [0.2, 0.25) is 0 Å². The molecule has 4 rings (SSSR count). The molecule has 0 bridgehead atoms. The van der Waals surface area contributed by atoms with Crippen LogP contribution in [0.3, 0.4) is 0 Å². The third-order valence-corrected chi connectivity index (χ3v) is 4.70. The maximum atomic E-state index is 12.9. The lowest BCUT2D eigenvalue weighted by Gasteiger charge is -2.10. The van der Waals surface area contributed by atoms with E-state index in [0.29, 0.717) is 22.9 Å². The monoisotopic (exact) mass is 364 g/mol. The first-order chi connectivity index (χ1) is 12.7. The predicted molar refractivity (Wildman–Crippen MR) is 101 cm³/mol. The van der Waals surface area contributed by atoms with Crippen molar-refractivity contribution >= 4 is 17.4 Å². The number of hydrogen-bond acceptors (Lipinski definition) is 3. The van der Waals surface area contributed by atoms with Crippen molar-refractivity contribution in [1.29, 1.82) is 0 Å². The van der Waals surface area contributed by atoms with Crippen LogP contribution in [-0.4, -0.2) is 11.9 Å². The Morgan fingerprint density at radius 3 is 2.42 bits per heavy atom. The molecule has 0 aliphatic carbocycles. The van der Waals surface area contributed by atoms with Crippen molar-refractivity contribution < 1.29 is 14.3 Å². The molecule has 0 amide bonds. The molecule has 0 saturated carbocycles. The number of ether oxygens (including phenoxy) is 2. The Balaban J connectivity index is 1.50. The van der Waals surface area contributed by atoms with Crippen LogP contribution < -0.4 is 4.74 Å². The second kappa shape index (κ2) is 7.32. The van der Waals surface area contributed by atoms with Crippen molar-refractivity contribution in [2.45, 2.75) is 18.8 Å². The van der Waals surface area contributed by atoms with Gasteiger partial charge in [0.15, 0.2) is 11.9 Å². The van der Waals surface area contributed by atoms with E-state index >= 15 is 0 Å². The van der Waals surface area contributed by atoms with Crippen LogP contribution in [0.25, 0.3) is 0 Å². The summed E-state index contributed by atoms with van der Waals surface area (Å²) in [7, 11) is 0. The molecule has 1 saturated heterocycles. The van der Waals surface area contributed by atoms with Crippen LogP contribution in [0, 0.1) is 0 Å². The summed E-state index contributed by atoms with van der Waals surface area (Å²) < 4.78 is 11.5. The first kappa shape index (κ1) is 16.8. The quantitative estimate of drug-likeness (QED) is 0.443. The number of halogens is 1. The van der Waals surface area contributed by atoms with E-state index in [4.69, 9.17) is 21.1 Å². The number of hydrogen-bond donors (Lipinski definition) is 0. The Hall–Kier alpha value is -2.62. The fourth-order valence-electron chi connectivity index (χ4n) is 2.94. The minimum absolute atomic E-state index is 0.0846. The third-order valence-electron chi connectivity index (χ3n) is 4.35. The predicted octanol–water partition coefficient (Wildman–Crippen LogP) is 5.24. The van der Waals surface area contributed by atoms with E-state index in [0.717, 1.165) is 11.1 Å². The molecule has 3 aromatic carbocycles. The van der Waals surface area contributed by atoms with Gasteiger partial charge in [-0.2, -0.15) is 0 Å². The number of rotatable bonds is 6. The molecule has 3 aromatic rings. The smallest absolute Gasteiger partial charge is 0.198 e. The van der Waals surface area contributed by atoms with Gasteiger partial charge in [-0.15, -0.1) is 0 Å². The molecule has 0 radical (unpaired) electrons. The van der Waals surface area contributed by atoms with Crippen molar-refractivity contribution in [1.82, 2.24) is 0 Å². The molecule has 26 heavy (non-hydrogen) atoms. The summed E-state index contributed by atoms with van der Waals surface area (Å²) >= 11 is 6.21. The Labute approximate surface area is 157 Å². The largest absolute Gasteiger partial charge is 0.488 e. The second-order valence-electron chi connectivity index (χ2n) is 6.13. The van der Waals surface area contributed by atoms with Crippen LogP contribution in [0.1, 0.15) is 27.6 Å². The third kappa shape index (κ3) is 3.50. The van der Waals surface area contributed by atoms with Gasteiger partial charge in [0.1, 0.15) is 18.5 Å². The highest BCUT2D eigenvalue weighted by Crippen LogP contribution is 2.44. The van der Waals surface area contributed by atoms with Gasteiger partial charge in [0.25, 0.3) is 0 Å². The molecule has 0 spiro atoms. The van der Waals surface area contributed by atoms with Gasteiger partial charge in [-0.1, -0.05) is 72.3 Å². The first-order valence-electron chi connectivity index (χ1n) is 8.44. The van der Waals surface area contributed by atoms with Crippen LogP contribution in [0.15, 0.2) is 78.9 Å². The minimum atomic E-state index is -0.517. The molecule has 1 aliphatic heterocycles. The summed E-state index contributed by atoms with van der Waals surface area (Å²) in [6, 6.07) is 24.6. The van der Waals surface area contributed by atoms with E-state index in [2.05, 4.69) is 0 Å². The van der Waals surface area contributed by atoms with Gasteiger partial charge in [0.05, 0.1) is 5.56 Å². The SMILES string of the molecule is O=C(c1ccccc1OCc1ccccc1)[C@H]1O[C@H]1c1ccccc1Cl. The zero-order valence-electron chi connectivity index (χ0n) is 14.0. The molecule has 1 aliphatic rings. The number of para-hydroxylation sites is 1. The number of carbonyl (C=O) groups excluding carboxylic acids is 1. The van der Waals surface area contributed by atoms with Gasteiger partial charge in [0, 0.05) is 10.6 Å². The lowest BCUT2D eigenvalue weighted by molar-refractivity contribution is 0.0949.